The zero-order valence-corrected chi connectivity index (χ0v) is 12.1. The maximum atomic E-state index is 5.79. The number of hydrogen-bond donors (Lipinski definition) is 1. The SMILES string of the molecule is COc1nc(N2CCN(c3nccs3)CC2)ccc1N. The second-order valence-corrected chi connectivity index (χ2v) is 5.43. The minimum Gasteiger partial charge on any atom is -0.479 e. The fraction of sp³-hybridized carbons (Fsp3) is 0.385. The van der Waals surface area contributed by atoms with Gasteiger partial charge >= 0.3 is 0 Å². The van der Waals surface area contributed by atoms with Gasteiger partial charge in [-0.2, -0.15) is 4.98 Å². The topological polar surface area (TPSA) is 67.5 Å². The van der Waals surface area contributed by atoms with Gasteiger partial charge in [0.15, 0.2) is 5.13 Å². The van der Waals surface area contributed by atoms with Gasteiger partial charge in [-0.1, -0.05) is 0 Å². The van der Waals surface area contributed by atoms with Gasteiger partial charge in [0.25, 0.3) is 0 Å². The summed E-state index contributed by atoms with van der Waals surface area (Å²) < 4.78 is 5.17. The molecule has 0 bridgehead atoms. The number of nitrogens with two attached hydrogens (primary N) is 1. The van der Waals surface area contributed by atoms with Crippen LogP contribution in [0.3, 0.4) is 0 Å². The molecule has 1 aliphatic heterocycles. The van der Waals surface area contributed by atoms with Gasteiger partial charge < -0.3 is 20.3 Å². The monoisotopic (exact) mass is 291 g/mol. The summed E-state index contributed by atoms with van der Waals surface area (Å²) >= 11 is 1.68. The predicted molar refractivity (Wildman–Crippen MR) is 81.7 cm³/mol. The first kappa shape index (κ1) is 13.0. The van der Waals surface area contributed by atoms with E-state index in [0.29, 0.717) is 11.6 Å². The summed E-state index contributed by atoms with van der Waals surface area (Å²) in [5.41, 5.74) is 6.36. The Morgan fingerprint density at radius 3 is 2.60 bits per heavy atom. The number of methoxy groups -OCH3 is 1. The minimum atomic E-state index is 0.491. The smallest absolute Gasteiger partial charge is 0.238 e. The fourth-order valence-corrected chi connectivity index (χ4v) is 2.98. The molecular weight excluding hydrogens is 274 g/mol. The lowest BCUT2D eigenvalue weighted by Crippen LogP contribution is -2.46. The Kier molecular flexibility index (Phi) is 3.60. The van der Waals surface area contributed by atoms with Gasteiger partial charge in [-0.15, -0.1) is 11.3 Å². The second-order valence-electron chi connectivity index (χ2n) is 4.56. The van der Waals surface area contributed by atoms with Crippen LogP contribution in [0.5, 0.6) is 5.88 Å². The predicted octanol–water partition coefficient (Wildman–Crippen LogP) is 1.46. The van der Waals surface area contributed by atoms with Crippen molar-refractivity contribution in [2.75, 3.05) is 48.8 Å². The maximum Gasteiger partial charge on any atom is 0.238 e. The zero-order valence-electron chi connectivity index (χ0n) is 11.3. The van der Waals surface area contributed by atoms with E-state index in [1.807, 2.05) is 23.7 Å². The third-order valence-electron chi connectivity index (χ3n) is 3.36. The van der Waals surface area contributed by atoms with E-state index in [1.54, 1.807) is 18.4 Å². The molecule has 2 aromatic rings. The van der Waals surface area contributed by atoms with E-state index < -0.39 is 0 Å². The van der Waals surface area contributed by atoms with Crippen molar-refractivity contribution in [2.24, 2.45) is 0 Å². The van der Waals surface area contributed by atoms with E-state index in [-0.39, 0.29) is 0 Å². The Balaban J connectivity index is 1.69. The molecule has 0 spiro atoms. The lowest BCUT2D eigenvalue weighted by atomic mass is 10.3. The van der Waals surface area contributed by atoms with Gasteiger partial charge in [0.2, 0.25) is 5.88 Å². The largest absolute Gasteiger partial charge is 0.479 e. The number of piperazine rings is 1. The summed E-state index contributed by atoms with van der Waals surface area (Å²) in [4.78, 5) is 13.3. The molecule has 2 aromatic heterocycles. The number of nitrogens with zero attached hydrogens (tertiary/aromatic N) is 4. The molecule has 6 nitrogen and oxygen atoms in total. The Morgan fingerprint density at radius 1 is 1.20 bits per heavy atom. The molecule has 20 heavy (non-hydrogen) atoms. The fourth-order valence-electron chi connectivity index (χ4n) is 2.28. The first-order valence-corrected chi connectivity index (χ1v) is 7.36. The van der Waals surface area contributed by atoms with Crippen molar-refractivity contribution < 1.29 is 4.74 Å². The van der Waals surface area contributed by atoms with Crippen LogP contribution in [0, 0.1) is 0 Å². The van der Waals surface area contributed by atoms with Crippen LogP contribution in [0.4, 0.5) is 16.6 Å². The number of nitrogen functional groups attached to an aromatic ring is 1. The summed E-state index contributed by atoms with van der Waals surface area (Å²) in [5.74, 6) is 1.40. The highest BCUT2D eigenvalue weighted by atomic mass is 32.1. The van der Waals surface area contributed by atoms with Crippen molar-refractivity contribution >= 4 is 28.0 Å². The number of rotatable bonds is 3. The highest BCUT2D eigenvalue weighted by Crippen LogP contribution is 2.25. The molecule has 3 heterocycles. The average Bonchev–Trinajstić information content (AvgIpc) is 3.02. The van der Waals surface area contributed by atoms with Crippen LogP contribution in [0.25, 0.3) is 0 Å². The van der Waals surface area contributed by atoms with Crippen molar-refractivity contribution in [1.29, 1.82) is 0 Å². The van der Waals surface area contributed by atoms with E-state index in [1.165, 1.54) is 0 Å². The van der Waals surface area contributed by atoms with Crippen LogP contribution in [-0.4, -0.2) is 43.3 Å². The molecule has 1 saturated heterocycles. The highest BCUT2D eigenvalue weighted by Gasteiger charge is 2.20. The number of anilines is 3. The Hall–Kier alpha value is -2.02. The van der Waals surface area contributed by atoms with Crippen LogP contribution < -0.4 is 20.3 Å². The van der Waals surface area contributed by atoms with E-state index in [2.05, 4.69) is 19.8 Å². The number of thiazole rings is 1. The molecule has 1 fully saturated rings. The summed E-state index contributed by atoms with van der Waals surface area (Å²) in [6.45, 7) is 3.73. The molecule has 0 unspecified atom stereocenters. The number of ether oxygens (including phenoxy) is 1. The van der Waals surface area contributed by atoms with Crippen LogP contribution in [0.15, 0.2) is 23.7 Å². The molecule has 106 valence electrons. The van der Waals surface area contributed by atoms with Crippen LogP contribution in [-0.2, 0) is 0 Å². The van der Waals surface area contributed by atoms with Crippen molar-refractivity contribution in [1.82, 2.24) is 9.97 Å². The van der Waals surface area contributed by atoms with Crippen molar-refractivity contribution in [2.45, 2.75) is 0 Å². The molecule has 1 aliphatic rings. The van der Waals surface area contributed by atoms with Gasteiger partial charge in [-0.05, 0) is 12.1 Å². The van der Waals surface area contributed by atoms with Gasteiger partial charge in [-0.3, -0.25) is 0 Å². The Morgan fingerprint density at radius 2 is 1.95 bits per heavy atom. The molecule has 3 rings (SSSR count). The van der Waals surface area contributed by atoms with Gasteiger partial charge in [0.1, 0.15) is 5.82 Å². The average molecular weight is 291 g/mol. The van der Waals surface area contributed by atoms with Gasteiger partial charge in [0.05, 0.1) is 12.8 Å². The summed E-state index contributed by atoms with van der Waals surface area (Å²) in [5, 5.41) is 3.10. The maximum absolute atomic E-state index is 5.79. The van der Waals surface area contributed by atoms with Gasteiger partial charge in [0, 0.05) is 37.8 Å². The second kappa shape index (κ2) is 5.54. The molecular formula is C13H17N5OS. The van der Waals surface area contributed by atoms with Crippen molar-refractivity contribution in [3.8, 4) is 5.88 Å². The molecule has 0 aliphatic carbocycles. The third kappa shape index (κ3) is 2.49. The van der Waals surface area contributed by atoms with Crippen LogP contribution in [0.1, 0.15) is 0 Å². The van der Waals surface area contributed by atoms with E-state index in [0.717, 1.165) is 37.1 Å². The molecule has 0 amide bonds. The van der Waals surface area contributed by atoms with Crippen LogP contribution in [0.2, 0.25) is 0 Å². The molecule has 0 radical (unpaired) electrons. The first-order chi connectivity index (χ1) is 9.78. The molecule has 0 aromatic carbocycles. The van der Waals surface area contributed by atoms with Gasteiger partial charge in [-0.25, -0.2) is 4.98 Å². The normalized spacial score (nSPS) is 15.4. The molecule has 0 atom stereocenters. The minimum absolute atomic E-state index is 0.491. The summed E-state index contributed by atoms with van der Waals surface area (Å²) in [7, 11) is 1.59. The summed E-state index contributed by atoms with van der Waals surface area (Å²) in [6, 6.07) is 3.78. The molecule has 2 N–H and O–H groups in total. The lowest BCUT2D eigenvalue weighted by Gasteiger charge is -2.35. The Labute approximate surface area is 121 Å². The number of aromatic nitrogens is 2. The molecule has 0 saturated carbocycles. The Bertz CT molecular complexity index is 566. The zero-order chi connectivity index (χ0) is 13.9. The summed E-state index contributed by atoms with van der Waals surface area (Å²) in [6.07, 6.45) is 1.85. The number of pyridine rings is 1. The van der Waals surface area contributed by atoms with Crippen molar-refractivity contribution in [3.63, 3.8) is 0 Å². The van der Waals surface area contributed by atoms with E-state index in [9.17, 15) is 0 Å². The molecule has 7 heteroatoms. The number of hydrogen-bond acceptors (Lipinski definition) is 7. The quantitative estimate of drug-likeness (QED) is 0.923. The highest BCUT2D eigenvalue weighted by molar-refractivity contribution is 7.13. The first-order valence-electron chi connectivity index (χ1n) is 6.48. The third-order valence-corrected chi connectivity index (χ3v) is 4.19. The van der Waals surface area contributed by atoms with E-state index >= 15 is 0 Å². The lowest BCUT2D eigenvalue weighted by molar-refractivity contribution is 0.400. The van der Waals surface area contributed by atoms with Crippen LogP contribution >= 0.6 is 11.3 Å². The van der Waals surface area contributed by atoms with E-state index in [4.69, 9.17) is 10.5 Å². The standard InChI is InChI=1S/C13H17N5OS/c1-19-12-10(14)2-3-11(16-12)17-5-7-18(8-6-17)13-15-4-9-20-13/h2-4,9H,5-8,14H2,1H3. The van der Waals surface area contributed by atoms with Crippen molar-refractivity contribution in [3.05, 3.63) is 23.7 Å².